The highest BCUT2D eigenvalue weighted by atomic mass is 19.4. The van der Waals surface area contributed by atoms with Crippen molar-refractivity contribution < 1.29 is 18.0 Å². The molecular weight excluding hydrogens is 359 g/mol. The SMILES string of the molecule is O=C(c1cc(-c2ncnc3[nH]ccc23)c[nH]1)N(CCC(F)(F)F)CC1CC1. The third kappa shape index (κ3) is 3.96. The minimum Gasteiger partial charge on any atom is -0.357 e. The van der Waals surface area contributed by atoms with Crippen LogP contribution in [0.4, 0.5) is 13.2 Å². The second-order valence-electron chi connectivity index (χ2n) is 6.82. The molecule has 0 saturated heterocycles. The molecule has 0 unspecified atom stereocenters. The van der Waals surface area contributed by atoms with Gasteiger partial charge in [-0.15, -0.1) is 0 Å². The van der Waals surface area contributed by atoms with Crippen molar-refractivity contribution in [3.8, 4) is 11.3 Å². The van der Waals surface area contributed by atoms with Crippen LogP contribution in [0.2, 0.25) is 0 Å². The number of aromatic amines is 2. The van der Waals surface area contributed by atoms with Gasteiger partial charge in [0, 0.05) is 36.4 Å². The van der Waals surface area contributed by atoms with Crippen LogP contribution in [-0.2, 0) is 0 Å². The Hall–Kier alpha value is -2.84. The Morgan fingerprint density at radius 3 is 2.81 bits per heavy atom. The molecule has 0 spiro atoms. The summed E-state index contributed by atoms with van der Waals surface area (Å²) in [6.07, 6.45) is 1.43. The molecule has 4 rings (SSSR count). The fourth-order valence-electron chi connectivity index (χ4n) is 3.08. The predicted molar refractivity (Wildman–Crippen MR) is 93.0 cm³/mol. The Labute approximate surface area is 152 Å². The zero-order chi connectivity index (χ0) is 19.0. The lowest BCUT2D eigenvalue weighted by molar-refractivity contribution is -0.136. The molecule has 1 aliphatic carbocycles. The highest BCUT2D eigenvalue weighted by molar-refractivity contribution is 5.96. The molecule has 0 atom stereocenters. The lowest BCUT2D eigenvalue weighted by Crippen LogP contribution is -2.36. The van der Waals surface area contributed by atoms with Crippen molar-refractivity contribution in [3.05, 3.63) is 36.5 Å². The Morgan fingerprint density at radius 2 is 2.07 bits per heavy atom. The van der Waals surface area contributed by atoms with E-state index in [1.807, 2.05) is 6.07 Å². The molecule has 3 aromatic rings. The van der Waals surface area contributed by atoms with Crippen LogP contribution in [0.25, 0.3) is 22.3 Å². The largest absolute Gasteiger partial charge is 0.390 e. The number of fused-ring (bicyclic) bond motifs is 1. The van der Waals surface area contributed by atoms with Crippen LogP contribution >= 0.6 is 0 Å². The van der Waals surface area contributed by atoms with E-state index in [-0.39, 0.29) is 12.2 Å². The number of carbonyl (C=O) groups excluding carboxylic acids is 1. The second kappa shape index (κ2) is 6.71. The predicted octanol–water partition coefficient (Wildman–Crippen LogP) is 3.76. The Bertz CT molecular complexity index is 957. The van der Waals surface area contributed by atoms with Crippen molar-refractivity contribution in [3.63, 3.8) is 0 Å². The number of amides is 1. The molecule has 0 radical (unpaired) electrons. The van der Waals surface area contributed by atoms with Gasteiger partial charge in [-0.05, 0) is 30.9 Å². The lowest BCUT2D eigenvalue weighted by Gasteiger charge is -2.22. The number of nitrogens with zero attached hydrogens (tertiary/aromatic N) is 3. The molecule has 3 heterocycles. The van der Waals surface area contributed by atoms with Gasteiger partial charge in [0.15, 0.2) is 0 Å². The summed E-state index contributed by atoms with van der Waals surface area (Å²) in [5.74, 6) is -0.116. The molecule has 1 fully saturated rings. The van der Waals surface area contributed by atoms with E-state index >= 15 is 0 Å². The van der Waals surface area contributed by atoms with Crippen LogP contribution in [0.15, 0.2) is 30.9 Å². The van der Waals surface area contributed by atoms with Crippen molar-refractivity contribution in [2.45, 2.75) is 25.4 Å². The molecule has 0 aliphatic heterocycles. The number of halogens is 3. The fraction of sp³-hybridized carbons (Fsp3) is 0.389. The first-order valence-electron chi connectivity index (χ1n) is 8.73. The minimum atomic E-state index is -4.29. The molecule has 9 heteroatoms. The average molecular weight is 377 g/mol. The zero-order valence-electron chi connectivity index (χ0n) is 14.4. The highest BCUT2D eigenvalue weighted by Gasteiger charge is 2.32. The normalized spacial score (nSPS) is 14.6. The van der Waals surface area contributed by atoms with E-state index in [4.69, 9.17) is 0 Å². The summed E-state index contributed by atoms with van der Waals surface area (Å²) in [7, 11) is 0. The van der Waals surface area contributed by atoms with Crippen molar-refractivity contribution >= 4 is 16.9 Å². The molecule has 2 N–H and O–H groups in total. The molecule has 3 aromatic heterocycles. The van der Waals surface area contributed by atoms with Gasteiger partial charge in [-0.2, -0.15) is 13.2 Å². The lowest BCUT2D eigenvalue weighted by atomic mass is 10.1. The monoisotopic (exact) mass is 377 g/mol. The van der Waals surface area contributed by atoms with Gasteiger partial charge in [0.05, 0.1) is 12.1 Å². The van der Waals surface area contributed by atoms with Crippen molar-refractivity contribution in [1.29, 1.82) is 0 Å². The molecule has 6 nitrogen and oxygen atoms in total. The number of carbonyl (C=O) groups is 1. The van der Waals surface area contributed by atoms with E-state index < -0.39 is 18.5 Å². The summed E-state index contributed by atoms with van der Waals surface area (Å²) in [5, 5.41) is 0.808. The maximum atomic E-state index is 12.8. The molecule has 0 aromatic carbocycles. The van der Waals surface area contributed by atoms with Crippen LogP contribution in [0.5, 0.6) is 0 Å². The summed E-state index contributed by atoms with van der Waals surface area (Å²) >= 11 is 0. The summed E-state index contributed by atoms with van der Waals surface area (Å²) in [6.45, 7) is 0.0293. The van der Waals surface area contributed by atoms with E-state index in [2.05, 4.69) is 19.9 Å². The number of aromatic nitrogens is 4. The van der Waals surface area contributed by atoms with E-state index in [1.165, 1.54) is 11.2 Å². The number of hydrogen-bond acceptors (Lipinski definition) is 3. The first-order chi connectivity index (χ1) is 12.9. The fourth-order valence-corrected chi connectivity index (χ4v) is 3.08. The molecule has 142 valence electrons. The Kier molecular flexibility index (Phi) is 4.37. The third-order valence-corrected chi connectivity index (χ3v) is 4.67. The maximum absolute atomic E-state index is 12.8. The van der Waals surface area contributed by atoms with Gasteiger partial charge in [-0.25, -0.2) is 9.97 Å². The number of nitrogens with one attached hydrogen (secondary N) is 2. The van der Waals surface area contributed by atoms with Gasteiger partial charge >= 0.3 is 6.18 Å². The van der Waals surface area contributed by atoms with Gasteiger partial charge in [-0.3, -0.25) is 4.79 Å². The first kappa shape index (κ1) is 17.6. The number of rotatable bonds is 6. The molecule has 27 heavy (non-hydrogen) atoms. The summed E-state index contributed by atoms with van der Waals surface area (Å²) in [6, 6.07) is 3.46. The zero-order valence-corrected chi connectivity index (χ0v) is 14.4. The topological polar surface area (TPSA) is 77.7 Å². The number of hydrogen-bond donors (Lipinski definition) is 2. The van der Waals surface area contributed by atoms with E-state index in [9.17, 15) is 18.0 Å². The van der Waals surface area contributed by atoms with Gasteiger partial charge in [0.1, 0.15) is 17.7 Å². The summed E-state index contributed by atoms with van der Waals surface area (Å²) in [5.41, 5.74) is 2.28. The van der Waals surface area contributed by atoms with Gasteiger partial charge in [0.25, 0.3) is 5.91 Å². The van der Waals surface area contributed by atoms with Crippen LogP contribution < -0.4 is 0 Å². The molecule has 1 amide bonds. The van der Waals surface area contributed by atoms with Crippen LogP contribution in [0, 0.1) is 5.92 Å². The third-order valence-electron chi connectivity index (χ3n) is 4.67. The summed E-state index contributed by atoms with van der Waals surface area (Å²) in [4.78, 5) is 28.3. The summed E-state index contributed by atoms with van der Waals surface area (Å²) < 4.78 is 37.8. The van der Waals surface area contributed by atoms with Crippen molar-refractivity contribution in [1.82, 2.24) is 24.8 Å². The van der Waals surface area contributed by atoms with E-state index in [0.717, 1.165) is 18.2 Å². The smallest absolute Gasteiger partial charge is 0.357 e. The van der Waals surface area contributed by atoms with E-state index in [1.54, 1.807) is 18.5 Å². The maximum Gasteiger partial charge on any atom is 0.390 e. The number of alkyl halides is 3. The standard InChI is InChI=1S/C18H18F3N5O/c19-18(20,21)4-6-26(9-11-1-2-11)17(27)14-7-12(8-23-14)15-13-3-5-22-16(13)25-10-24-15/h3,5,7-8,10-11,23H,1-2,4,6,9H2,(H,22,24,25). The molecule has 1 aliphatic rings. The van der Waals surface area contributed by atoms with Gasteiger partial charge in [0.2, 0.25) is 0 Å². The van der Waals surface area contributed by atoms with Gasteiger partial charge < -0.3 is 14.9 Å². The second-order valence-corrected chi connectivity index (χ2v) is 6.82. The quantitative estimate of drug-likeness (QED) is 0.687. The van der Waals surface area contributed by atoms with Gasteiger partial charge in [-0.1, -0.05) is 0 Å². The van der Waals surface area contributed by atoms with Crippen molar-refractivity contribution in [2.75, 3.05) is 13.1 Å². The average Bonchev–Trinajstić information content (AvgIpc) is 3.11. The van der Waals surface area contributed by atoms with E-state index in [0.29, 0.717) is 29.4 Å². The van der Waals surface area contributed by atoms with Crippen LogP contribution in [-0.4, -0.2) is 50.0 Å². The highest BCUT2D eigenvalue weighted by Crippen LogP contribution is 2.31. The molecule has 1 saturated carbocycles. The first-order valence-corrected chi connectivity index (χ1v) is 8.73. The molecular formula is C18H18F3N5O. The van der Waals surface area contributed by atoms with Crippen LogP contribution in [0.3, 0.4) is 0 Å². The van der Waals surface area contributed by atoms with Crippen LogP contribution in [0.1, 0.15) is 29.8 Å². The van der Waals surface area contributed by atoms with Crippen molar-refractivity contribution in [2.24, 2.45) is 5.92 Å². The number of H-pyrrole nitrogens is 2. The minimum absolute atomic E-state index is 0.259. The Morgan fingerprint density at radius 1 is 1.26 bits per heavy atom. The Balaban J connectivity index is 1.56. The molecule has 0 bridgehead atoms.